The summed E-state index contributed by atoms with van der Waals surface area (Å²) < 4.78 is 155. The summed E-state index contributed by atoms with van der Waals surface area (Å²) in [4.78, 5) is 124. The van der Waals surface area contributed by atoms with Crippen LogP contribution in [0.25, 0.3) is 0 Å². The molecule has 4 heterocycles. The molecule has 562 valence electrons. The van der Waals surface area contributed by atoms with E-state index in [1.165, 1.54) is 89.1 Å². The molecule has 0 atom stereocenters. The number of nitrogens with one attached hydrogen (secondary N) is 8. The lowest BCUT2D eigenvalue weighted by Crippen LogP contribution is -2.20. The van der Waals surface area contributed by atoms with Crippen LogP contribution in [0.15, 0.2) is 122 Å². The normalized spacial score (nSPS) is 10.3. The number of aromatic carboxylic acids is 1. The van der Waals surface area contributed by atoms with Gasteiger partial charge in [0.15, 0.2) is 11.6 Å². The molecule has 8 rings (SSSR count). The van der Waals surface area contributed by atoms with Crippen LogP contribution in [-0.2, 0) is 38.3 Å². The number of rotatable bonds is 19. The highest BCUT2D eigenvalue weighted by Gasteiger charge is 2.29. The van der Waals surface area contributed by atoms with Gasteiger partial charge in [-0.05, 0) is 91.3 Å². The van der Waals surface area contributed by atoms with Crippen molar-refractivity contribution in [2.24, 2.45) is 0 Å². The molecule has 44 heteroatoms. The van der Waals surface area contributed by atoms with Gasteiger partial charge < -0.3 is 53.8 Å². The monoisotopic (exact) mass is 1550 g/mol. The van der Waals surface area contributed by atoms with Crippen LogP contribution in [0.5, 0.6) is 0 Å². The highest BCUT2D eigenvalue weighted by Crippen LogP contribution is 2.28. The van der Waals surface area contributed by atoms with Crippen LogP contribution in [-0.4, -0.2) is 111 Å². The number of amides is 7. The minimum absolute atomic E-state index is 0.0471. The number of carbonyl (C=O) groups excluding carboxylic acids is 7. The number of carboxylic acids is 1. The van der Waals surface area contributed by atoms with Crippen molar-refractivity contribution in [3.05, 3.63) is 217 Å². The number of aromatic nitrogens is 4. The zero-order valence-electron chi connectivity index (χ0n) is 55.3. The summed E-state index contributed by atoms with van der Waals surface area (Å²) in [5.74, 6) is -15.8. The highest BCUT2D eigenvalue weighted by molar-refractivity contribution is 8.13. The summed E-state index contributed by atoms with van der Waals surface area (Å²) >= 11 is 0. The molecule has 0 saturated carbocycles. The number of hydrogen-bond acceptors (Lipinski definition) is 22. The van der Waals surface area contributed by atoms with Crippen LogP contribution >= 0.6 is 10.7 Å². The molecule has 33 nitrogen and oxygen atoms in total. The summed E-state index contributed by atoms with van der Waals surface area (Å²) in [6, 6.07) is 17.6. The highest BCUT2D eigenvalue weighted by atomic mass is 35.7. The first-order valence-corrected chi connectivity index (χ1v) is 33.2. The third kappa shape index (κ3) is 28.8. The SMILES string of the molecule is CC(=O)Nc1ccc(N)cn1.CC(=O)Nc1ccc(NC(=O)c2c(F)ccc(N)c2F)cn1.CC(=O)Nc1ccc(NC(=O)c2c(F)ccc([N+](=O)[O-])c2F)cn1.CCCS(=O)(=O)Nc1ccc(F)c(C(=O)Nc2ccc(NC(C)=O)nc2)c1F.C[CH+]CS(=O)(=O)Cl.O=C(O)c1c(F)ccc([N+](=O)[O-])c1F. The third-order valence-electron chi connectivity index (χ3n) is 11.8. The van der Waals surface area contributed by atoms with E-state index in [2.05, 4.69) is 57.2 Å². The van der Waals surface area contributed by atoms with Crippen molar-refractivity contribution in [1.82, 2.24) is 19.9 Å². The number of benzene rings is 4. The Hall–Kier alpha value is -13.1. The molecule has 0 radical (unpaired) electrons. The van der Waals surface area contributed by atoms with E-state index >= 15 is 0 Å². The topological polar surface area (TPSA) is 511 Å². The Kier molecular flexibility index (Phi) is 33.3. The molecule has 0 fully saturated rings. The van der Waals surface area contributed by atoms with E-state index in [0.717, 1.165) is 30.5 Å². The van der Waals surface area contributed by atoms with Crippen molar-refractivity contribution < 1.29 is 105 Å². The number of halogens is 9. The Bertz CT molecular complexity index is 4820. The molecule has 4 aromatic carbocycles. The van der Waals surface area contributed by atoms with E-state index in [9.17, 15) is 111 Å². The van der Waals surface area contributed by atoms with Gasteiger partial charge in [0.2, 0.25) is 51.0 Å². The van der Waals surface area contributed by atoms with E-state index in [-0.39, 0.29) is 75.3 Å². The van der Waals surface area contributed by atoms with Gasteiger partial charge in [0.05, 0.1) is 87.9 Å². The summed E-state index contributed by atoms with van der Waals surface area (Å²) in [6.45, 7) is 8.60. The number of pyridine rings is 4. The molecule has 13 N–H and O–H groups in total. The zero-order chi connectivity index (χ0) is 80.1. The van der Waals surface area contributed by atoms with E-state index in [1.54, 1.807) is 26.0 Å². The maximum atomic E-state index is 14.6. The first-order chi connectivity index (χ1) is 49.5. The van der Waals surface area contributed by atoms with Crippen LogP contribution in [0, 0.1) is 73.2 Å². The number of carboxylic acid groups (broad SMARTS) is 1. The Labute approximate surface area is 598 Å². The van der Waals surface area contributed by atoms with Gasteiger partial charge in [-0.3, -0.25) is 58.5 Å². The van der Waals surface area contributed by atoms with Crippen molar-refractivity contribution in [2.45, 2.75) is 48.0 Å². The summed E-state index contributed by atoms with van der Waals surface area (Å²) in [7, 11) is -2.31. The standard InChI is InChI=1S/C17H18F2N4O4S.C14H10F2N4O4.C14H12F2N4O2.C7H3F2NO4.C7H9N3O.C3H6ClO2S/c1-3-8-28(26,27)23-13-6-5-12(18)15(16(13)19)17(25)22-11-4-7-14(20-9-11)21-10(2)24;1-7(21)18-11-5-2-8(6-17-11)19-14(22)12-9(15)3-4-10(13(12)16)20(23)24;1-7(21)19-11-5-2-8(6-18-11)20-14(22)12-9(15)3-4-10(17)13(12)16;8-3-1-2-4(10(13)14)6(9)5(3)7(11)12;1-5(11)10-7-3-2-6(8)4-9-7;1-2-3-7(4,5)6/h4-7,9,23H,3,8H2,1-2H3,(H,22,25)(H,20,21,24);2-6H,1H3,(H,19,22)(H,17,18,21);2-6H,17H2,1H3,(H,20,22)(H,18,19,21);1-2H,(H,11,12);2-4H,8H2,1H3,(H,9,10,11);2H,3H2,1H3/q;;;;;+1. The number of nitrogens with zero attached hydrogens (tertiary/aromatic N) is 6. The van der Waals surface area contributed by atoms with Crippen LogP contribution in [0.3, 0.4) is 0 Å². The minimum Gasteiger partial charge on any atom is -0.477 e. The fourth-order valence-corrected chi connectivity index (χ4v) is 9.39. The van der Waals surface area contributed by atoms with E-state index in [1.807, 2.05) is 4.72 Å². The van der Waals surface area contributed by atoms with Gasteiger partial charge in [0.1, 0.15) is 68.8 Å². The number of nitro benzene ring substituents is 2. The fraction of sp³-hybridized carbons (Fsp3) is 0.145. The Balaban J connectivity index is 0.000000345. The Morgan fingerprint density at radius 3 is 1.11 bits per heavy atom. The zero-order valence-corrected chi connectivity index (χ0v) is 57.7. The smallest absolute Gasteiger partial charge is 0.341 e. The molecule has 4 aromatic heterocycles. The predicted octanol–water partition coefficient (Wildman–Crippen LogP) is 10.3. The maximum Gasteiger partial charge on any atom is 0.341 e. The molecule has 0 unspecified atom stereocenters. The molecule has 0 spiro atoms. The minimum atomic E-state index is -3.82. The number of nitro groups is 2. The van der Waals surface area contributed by atoms with E-state index in [4.69, 9.17) is 27.3 Å². The van der Waals surface area contributed by atoms with E-state index in [0.29, 0.717) is 42.2 Å². The van der Waals surface area contributed by atoms with Crippen LogP contribution in [0.1, 0.15) is 89.4 Å². The molecule has 0 aliphatic rings. The van der Waals surface area contributed by atoms with Gasteiger partial charge >= 0.3 is 17.3 Å². The van der Waals surface area contributed by atoms with Gasteiger partial charge in [-0.25, -0.2) is 67.9 Å². The second kappa shape index (κ2) is 40.5. The lowest BCUT2D eigenvalue weighted by Gasteiger charge is -2.12. The first kappa shape index (κ1) is 87.2. The molecule has 106 heavy (non-hydrogen) atoms. The number of carbonyl (C=O) groups is 8. The van der Waals surface area contributed by atoms with Crippen molar-refractivity contribution >= 4 is 146 Å². The molecule has 0 saturated heterocycles. The van der Waals surface area contributed by atoms with Gasteiger partial charge in [0, 0.05) is 50.5 Å². The van der Waals surface area contributed by atoms with Crippen molar-refractivity contribution in [1.29, 1.82) is 0 Å². The van der Waals surface area contributed by atoms with Crippen molar-refractivity contribution in [3.63, 3.8) is 0 Å². The summed E-state index contributed by atoms with van der Waals surface area (Å²) in [5, 5.41) is 45.7. The predicted molar refractivity (Wildman–Crippen MR) is 370 cm³/mol. The maximum absolute atomic E-state index is 14.6. The molecule has 7 amide bonds. The average molecular weight is 1550 g/mol. The average Bonchev–Trinajstić information content (AvgIpc) is 0.823. The molecule has 0 bridgehead atoms. The van der Waals surface area contributed by atoms with Gasteiger partial charge in [-0.15, -0.1) is 0 Å². The van der Waals surface area contributed by atoms with Crippen LogP contribution in [0.4, 0.5) is 104 Å². The first-order valence-electron chi connectivity index (χ1n) is 29.0. The Morgan fingerprint density at radius 2 is 0.811 bits per heavy atom. The Morgan fingerprint density at radius 1 is 0.481 bits per heavy atom. The van der Waals surface area contributed by atoms with Gasteiger partial charge in [0.25, 0.3) is 26.8 Å². The number of nitrogen functional groups attached to an aromatic ring is 2. The molecule has 0 aliphatic heterocycles. The summed E-state index contributed by atoms with van der Waals surface area (Å²) in [6.07, 6.45) is 6.86. The van der Waals surface area contributed by atoms with Crippen molar-refractivity contribution in [3.8, 4) is 0 Å². The number of hydrogen-bond donors (Lipinski definition) is 11. The lowest BCUT2D eigenvalue weighted by atomic mass is 10.1. The van der Waals surface area contributed by atoms with Crippen molar-refractivity contribution in [2.75, 3.05) is 64.9 Å². The number of sulfonamides is 1. The molecular weight excluding hydrogens is 1490 g/mol. The second-order valence-corrected chi connectivity index (χ2v) is 25.0. The molecular formula is C62H58ClF8N16O17S2+. The quantitative estimate of drug-likeness (QED) is 0.00894. The summed E-state index contributed by atoms with van der Waals surface area (Å²) in [5.41, 5.74) is 4.64. The molecule has 0 aliphatic carbocycles. The lowest BCUT2D eigenvalue weighted by molar-refractivity contribution is -0.387. The van der Waals surface area contributed by atoms with E-state index < -0.39 is 138 Å². The largest absolute Gasteiger partial charge is 0.477 e. The third-order valence-corrected chi connectivity index (χ3v) is 14.4. The van der Waals surface area contributed by atoms with Crippen LogP contribution < -0.4 is 53.4 Å². The second-order valence-electron chi connectivity index (χ2n) is 20.3. The van der Waals surface area contributed by atoms with Gasteiger partial charge in [-0.2, -0.15) is 8.78 Å². The number of anilines is 10. The molecule has 8 aromatic rings. The fourth-order valence-electron chi connectivity index (χ4n) is 7.48. The van der Waals surface area contributed by atoms with Gasteiger partial charge in [-0.1, -0.05) is 6.92 Å². The number of nitrogens with two attached hydrogens (primary N) is 2. The van der Waals surface area contributed by atoms with Crippen LogP contribution in [0.2, 0.25) is 0 Å².